The lowest BCUT2D eigenvalue weighted by atomic mass is 9.80. The molecule has 0 spiro atoms. The van der Waals surface area contributed by atoms with Crippen LogP contribution in [0.3, 0.4) is 0 Å². The van der Waals surface area contributed by atoms with Crippen LogP contribution in [-0.4, -0.2) is 37.6 Å². The summed E-state index contributed by atoms with van der Waals surface area (Å²) in [6, 6.07) is 0. The summed E-state index contributed by atoms with van der Waals surface area (Å²) < 4.78 is 35.7. The van der Waals surface area contributed by atoms with E-state index >= 15 is 0 Å². The Morgan fingerprint density at radius 3 is 2.00 bits per heavy atom. The van der Waals surface area contributed by atoms with Crippen molar-refractivity contribution in [2.45, 2.75) is 91.4 Å². The van der Waals surface area contributed by atoms with Gasteiger partial charge in [0.05, 0.1) is 11.9 Å². The molecule has 0 N–H and O–H groups in total. The van der Waals surface area contributed by atoms with Crippen molar-refractivity contribution in [2.24, 2.45) is 17.3 Å². The highest BCUT2D eigenvalue weighted by Gasteiger charge is 2.44. The van der Waals surface area contributed by atoms with Crippen LogP contribution in [0.15, 0.2) is 0 Å². The second kappa shape index (κ2) is 9.03. The van der Waals surface area contributed by atoms with Gasteiger partial charge < -0.3 is 4.74 Å². The van der Waals surface area contributed by atoms with E-state index < -0.39 is 44.7 Å². The van der Waals surface area contributed by atoms with Gasteiger partial charge in [0, 0.05) is 0 Å². The molecule has 1 rings (SSSR count). The average Bonchev–Trinajstić information content (AvgIpc) is 2.57. The van der Waals surface area contributed by atoms with Crippen LogP contribution in [-0.2, 0) is 28.6 Å². The van der Waals surface area contributed by atoms with Crippen LogP contribution in [0.25, 0.3) is 0 Å². The molecule has 7 heteroatoms. The highest BCUT2D eigenvalue weighted by atomic mass is 32.2. The van der Waals surface area contributed by atoms with Crippen molar-refractivity contribution in [1.82, 2.24) is 0 Å². The maximum absolute atomic E-state index is 12.6. The van der Waals surface area contributed by atoms with Gasteiger partial charge in [-0.1, -0.05) is 20.3 Å². The Labute approximate surface area is 164 Å². The lowest BCUT2D eigenvalue weighted by Gasteiger charge is -2.32. The van der Waals surface area contributed by atoms with Crippen molar-refractivity contribution in [3.05, 3.63) is 0 Å². The van der Waals surface area contributed by atoms with Crippen molar-refractivity contribution < 1.29 is 26.9 Å². The van der Waals surface area contributed by atoms with Crippen molar-refractivity contribution in [2.75, 3.05) is 6.61 Å². The molecule has 0 heterocycles. The standard InChI is InChI=1S/C20H36O6S/c1-8-14(2)16-9-11-17(12-10-16)27(23,24)25-13-20(7,15(3)21)18(22)26-19(4,5)6/h14,16-17H,8-13H2,1-7H3. The van der Waals surface area contributed by atoms with Crippen LogP contribution < -0.4 is 0 Å². The lowest BCUT2D eigenvalue weighted by Crippen LogP contribution is -2.45. The van der Waals surface area contributed by atoms with Crippen molar-refractivity contribution in [1.29, 1.82) is 0 Å². The summed E-state index contributed by atoms with van der Waals surface area (Å²) in [6.07, 6.45) is 3.92. The summed E-state index contributed by atoms with van der Waals surface area (Å²) in [5.41, 5.74) is -2.42. The molecule has 0 aromatic rings. The predicted molar refractivity (Wildman–Crippen MR) is 105 cm³/mol. The summed E-state index contributed by atoms with van der Waals surface area (Å²) in [5, 5.41) is -0.576. The largest absolute Gasteiger partial charge is 0.459 e. The zero-order valence-electron chi connectivity index (χ0n) is 17.8. The van der Waals surface area contributed by atoms with E-state index in [1.54, 1.807) is 20.8 Å². The van der Waals surface area contributed by atoms with Gasteiger partial charge in [0.25, 0.3) is 10.1 Å². The van der Waals surface area contributed by atoms with E-state index in [0.29, 0.717) is 24.7 Å². The molecular weight excluding hydrogens is 368 g/mol. The zero-order chi connectivity index (χ0) is 21.0. The number of carbonyl (C=O) groups is 2. The van der Waals surface area contributed by atoms with E-state index in [-0.39, 0.29) is 0 Å². The molecule has 1 aliphatic rings. The molecule has 0 aliphatic heterocycles. The van der Waals surface area contributed by atoms with Gasteiger partial charge in [-0.25, -0.2) is 0 Å². The van der Waals surface area contributed by atoms with Gasteiger partial charge in [0.15, 0.2) is 0 Å². The Kier molecular flexibility index (Phi) is 8.06. The molecule has 0 amide bonds. The number of ketones is 1. The van der Waals surface area contributed by atoms with Crippen LogP contribution in [0, 0.1) is 17.3 Å². The van der Waals surface area contributed by atoms with Crippen molar-refractivity contribution in [3.8, 4) is 0 Å². The summed E-state index contributed by atoms with van der Waals surface area (Å²) >= 11 is 0. The Morgan fingerprint density at radius 1 is 1.07 bits per heavy atom. The van der Waals surface area contributed by atoms with E-state index in [1.807, 2.05) is 0 Å². The van der Waals surface area contributed by atoms with Crippen LogP contribution in [0.2, 0.25) is 0 Å². The Morgan fingerprint density at radius 2 is 1.59 bits per heavy atom. The van der Waals surface area contributed by atoms with Gasteiger partial charge in [-0.3, -0.25) is 13.8 Å². The quantitative estimate of drug-likeness (QED) is 0.347. The third kappa shape index (κ3) is 6.56. The number of rotatable bonds is 8. The Balaban J connectivity index is 2.78. The smallest absolute Gasteiger partial charge is 0.322 e. The molecule has 0 aromatic carbocycles. The maximum atomic E-state index is 12.6. The second-order valence-electron chi connectivity index (χ2n) is 9.07. The van der Waals surface area contributed by atoms with Gasteiger partial charge in [-0.2, -0.15) is 8.42 Å². The van der Waals surface area contributed by atoms with Crippen molar-refractivity contribution >= 4 is 21.9 Å². The second-order valence-corrected chi connectivity index (χ2v) is 11.0. The molecule has 0 radical (unpaired) electrons. The summed E-state index contributed by atoms with van der Waals surface area (Å²) in [7, 11) is -3.84. The average molecular weight is 405 g/mol. The van der Waals surface area contributed by atoms with Gasteiger partial charge in [-0.05, 0) is 72.1 Å². The molecule has 6 nitrogen and oxygen atoms in total. The molecule has 2 atom stereocenters. The first-order valence-electron chi connectivity index (χ1n) is 9.85. The molecule has 1 aliphatic carbocycles. The first-order valence-corrected chi connectivity index (χ1v) is 11.3. The third-order valence-electron chi connectivity index (χ3n) is 5.71. The Bertz CT molecular complexity index is 625. The highest BCUT2D eigenvalue weighted by molar-refractivity contribution is 7.87. The Hall–Kier alpha value is -0.950. The van der Waals surface area contributed by atoms with Crippen molar-refractivity contribution in [3.63, 3.8) is 0 Å². The summed E-state index contributed by atoms with van der Waals surface area (Å²) in [6.45, 7) is 11.5. The minimum Gasteiger partial charge on any atom is -0.459 e. The van der Waals surface area contributed by atoms with Gasteiger partial charge in [0.2, 0.25) is 0 Å². The van der Waals surface area contributed by atoms with Crippen LogP contribution in [0.1, 0.15) is 80.6 Å². The van der Waals surface area contributed by atoms with Crippen LogP contribution in [0.4, 0.5) is 0 Å². The number of hydrogen-bond acceptors (Lipinski definition) is 6. The topological polar surface area (TPSA) is 86.7 Å². The van der Waals surface area contributed by atoms with E-state index in [0.717, 1.165) is 19.3 Å². The predicted octanol–water partition coefficient (Wildman–Crippen LogP) is 3.87. The fourth-order valence-corrected chi connectivity index (χ4v) is 4.71. The molecule has 1 saturated carbocycles. The van der Waals surface area contributed by atoms with Crippen LogP contribution in [0.5, 0.6) is 0 Å². The minimum atomic E-state index is -3.84. The molecule has 0 bridgehead atoms. The van der Waals surface area contributed by atoms with E-state index in [1.165, 1.54) is 13.8 Å². The van der Waals surface area contributed by atoms with E-state index in [9.17, 15) is 18.0 Å². The molecule has 1 fully saturated rings. The van der Waals surface area contributed by atoms with E-state index in [2.05, 4.69) is 13.8 Å². The van der Waals surface area contributed by atoms with E-state index in [4.69, 9.17) is 8.92 Å². The first kappa shape index (κ1) is 24.1. The number of ether oxygens (including phenoxy) is 1. The molecule has 2 unspecified atom stereocenters. The normalized spacial score (nSPS) is 24.7. The molecule has 158 valence electrons. The third-order valence-corrected chi connectivity index (χ3v) is 7.45. The SMILES string of the molecule is CCC(C)C1CCC(S(=O)(=O)OCC(C)(C(C)=O)C(=O)OC(C)(C)C)CC1. The van der Waals surface area contributed by atoms with Gasteiger partial charge in [-0.15, -0.1) is 0 Å². The molecular formula is C20H36O6S. The zero-order valence-corrected chi connectivity index (χ0v) is 18.6. The van der Waals surface area contributed by atoms with Gasteiger partial charge in [0.1, 0.15) is 16.8 Å². The molecule has 27 heavy (non-hydrogen) atoms. The summed E-state index contributed by atoms with van der Waals surface area (Å²) in [5.74, 6) is -0.112. The lowest BCUT2D eigenvalue weighted by molar-refractivity contribution is -0.170. The molecule has 0 aromatic heterocycles. The highest BCUT2D eigenvalue weighted by Crippen LogP contribution is 2.35. The molecule has 0 saturated heterocycles. The first-order chi connectivity index (χ1) is 12.2. The fourth-order valence-electron chi connectivity index (χ4n) is 3.27. The van der Waals surface area contributed by atoms with Crippen LogP contribution >= 0.6 is 0 Å². The number of Topliss-reactive ketones (excluding diaryl/α,β-unsaturated/α-hetero) is 1. The van der Waals surface area contributed by atoms with Gasteiger partial charge >= 0.3 is 5.97 Å². The fraction of sp³-hybridized carbons (Fsp3) is 0.900. The minimum absolute atomic E-state index is 0.479. The maximum Gasteiger partial charge on any atom is 0.322 e. The monoisotopic (exact) mass is 404 g/mol. The summed E-state index contributed by atoms with van der Waals surface area (Å²) in [4.78, 5) is 24.5. The number of carbonyl (C=O) groups excluding carboxylic acids is 2. The number of hydrogen-bond donors (Lipinski definition) is 0. The number of esters is 1.